The number of carboxylic acids is 1. The summed E-state index contributed by atoms with van der Waals surface area (Å²) < 4.78 is 11.0. The number of hydrogen-bond acceptors (Lipinski definition) is 5. The van der Waals surface area contributed by atoms with Crippen LogP contribution in [-0.2, 0) is 34.4 Å². The number of rotatable bonds is 6. The van der Waals surface area contributed by atoms with E-state index in [9.17, 15) is 14.7 Å². The molecule has 4 aromatic rings. The van der Waals surface area contributed by atoms with Crippen LogP contribution in [0, 0.1) is 12.8 Å². The molecule has 0 unspecified atom stereocenters. The van der Waals surface area contributed by atoms with E-state index in [1.165, 1.54) is 11.1 Å². The average molecular weight is 613 g/mol. The lowest BCUT2D eigenvalue weighted by Crippen LogP contribution is -2.20. The molecule has 6 rings (SSSR count). The Kier molecular flexibility index (Phi) is 12.5. The van der Waals surface area contributed by atoms with Crippen LogP contribution in [0.3, 0.4) is 0 Å². The van der Waals surface area contributed by atoms with Crippen molar-refractivity contribution >= 4 is 17.7 Å². The summed E-state index contributed by atoms with van der Waals surface area (Å²) in [5.41, 5.74) is 7.60. The predicted molar refractivity (Wildman–Crippen MR) is 182 cm³/mol. The molecule has 3 aromatic carbocycles. The van der Waals surface area contributed by atoms with Gasteiger partial charge in [0.05, 0.1) is 5.41 Å². The number of nitrogens with zero attached hydrogens (tertiary/aromatic N) is 1. The number of amides is 1. The monoisotopic (exact) mass is 612 g/mol. The first-order valence-electron chi connectivity index (χ1n) is 16.1. The molecule has 2 aliphatic rings. The lowest BCUT2D eigenvalue weighted by Gasteiger charge is -2.22. The molecule has 1 amide bonds. The largest absolute Gasteiger partial charge is 0.481 e. The Bertz CT molecular complexity index is 1570. The maximum Gasteiger partial charge on any atom is 0.412 e. The van der Waals surface area contributed by atoms with Crippen LogP contribution in [0.4, 0.5) is 10.5 Å². The summed E-state index contributed by atoms with van der Waals surface area (Å²) in [6.07, 6.45) is 2.49. The molecule has 2 aliphatic carbocycles. The zero-order chi connectivity index (χ0) is 33.1. The van der Waals surface area contributed by atoms with E-state index in [1.54, 1.807) is 6.92 Å². The molecular formula is C38H48N2O5. The van der Waals surface area contributed by atoms with Gasteiger partial charge in [0.15, 0.2) is 5.76 Å². The van der Waals surface area contributed by atoms with Crippen molar-refractivity contribution < 1.29 is 24.0 Å². The number of carboxylic acid groups (broad SMARTS) is 1. The third-order valence-corrected chi connectivity index (χ3v) is 7.44. The van der Waals surface area contributed by atoms with Gasteiger partial charge in [0, 0.05) is 5.56 Å². The van der Waals surface area contributed by atoms with E-state index in [2.05, 4.69) is 55.5 Å². The lowest BCUT2D eigenvalue weighted by molar-refractivity contribution is -0.140. The summed E-state index contributed by atoms with van der Waals surface area (Å²) in [6.45, 7) is 16.4. The highest BCUT2D eigenvalue weighted by Gasteiger charge is 2.51. The van der Waals surface area contributed by atoms with Crippen molar-refractivity contribution in [2.75, 3.05) is 5.32 Å². The van der Waals surface area contributed by atoms with Crippen LogP contribution in [0.15, 0.2) is 71.3 Å². The molecule has 0 aliphatic heterocycles. The number of aromatic nitrogens is 1. The molecule has 2 N–H and O–H groups in total. The summed E-state index contributed by atoms with van der Waals surface area (Å²) >= 11 is 0. The number of aryl methyl sites for hydroxylation is 3. The van der Waals surface area contributed by atoms with Gasteiger partial charge < -0.3 is 14.4 Å². The van der Waals surface area contributed by atoms with Crippen LogP contribution >= 0.6 is 0 Å². The quantitative estimate of drug-likeness (QED) is 0.225. The van der Waals surface area contributed by atoms with Gasteiger partial charge in [-0.2, -0.15) is 0 Å². The fourth-order valence-electron chi connectivity index (χ4n) is 5.16. The van der Waals surface area contributed by atoms with E-state index in [1.807, 2.05) is 70.2 Å². The van der Waals surface area contributed by atoms with Crippen molar-refractivity contribution in [2.45, 2.75) is 93.1 Å². The smallest absolute Gasteiger partial charge is 0.412 e. The van der Waals surface area contributed by atoms with Gasteiger partial charge in [0.25, 0.3) is 0 Å². The Morgan fingerprint density at radius 1 is 0.911 bits per heavy atom. The van der Waals surface area contributed by atoms with Gasteiger partial charge in [-0.05, 0) is 78.0 Å². The summed E-state index contributed by atoms with van der Waals surface area (Å²) in [4.78, 5) is 24.3. The summed E-state index contributed by atoms with van der Waals surface area (Å²) in [6, 6.07) is 21.7. The van der Waals surface area contributed by atoms with Crippen molar-refractivity contribution in [3.8, 4) is 22.5 Å². The fourth-order valence-corrected chi connectivity index (χ4v) is 5.16. The molecule has 1 aromatic heterocycles. The van der Waals surface area contributed by atoms with Crippen molar-refractivity contribution in [3.63, 3.8) is 0 Å². The molecule has 1 saturated carbocycles. The van der Waals surface area contributed by atoms with Crippen molar-refractivity contribution in [2.24, 2.45) is 5.92 Å². The van der Waals surface area contributed by atoms with Crippen molar-refractivity contribution in [1.82, 2.24) is 5.16 Å². The van der Waals surface area contributed by atoms with Crippen LogP contribution in [0.2, 0.25) is 0 Å². The molecule has 1 heterocycles. The van der Waals surface area contributed by atoms with Gasteiger partial charge in [-0.3, -0.25) is 10.1 Å². The van der Waals surface area contributed by atoms with E-state index in [0.29, 0.717) is 30.0 Å². The number of benzene rings is 3. The number of carbonyl (C=O) groups is 2. The second kappa shape index (κ2) is 16.1. The molecule has 0 spiro atoms. The molecule has 7 heteroatoms. The normalized spacial score (nSPS) is 13.3. The van der Waals surface area contributed by atoms with Crippen molar-refractivity contribution in [1.29, 1.82) is 0 Å². The Morgan fingerprint density at radius 3 is 2.07 bits per heavy atom. The van der Waals surface area contributed by atoms with Gasteiger partial charge in [-0.1, -0.05) is 114 Å². The van der Waals surface area contributed by atoms with Crippen LogP contribution in [-0.4, -0.2) is 22.3 Å². The Balaban J connectivity index is 0.000000631. The van der Waals surface area contributed by atoms with Crippen molar-refractivity contribution in [3.05, 3.63) is 94.7 Å². The third kappa shape index (κ3) is 8.41. The van der Waals surface area contributed by atoms with Crippen LogP contribution in [0.25, 0.3) is 22.5 Å². The van der Waals surface area contributed by atoms with E-state index >= 15 is 0 Å². The molecule has 0 radical (unpaired) electrons. The number of nitrogens with one attached hydrogen (secondary N) is 1. The van der Waals surface area contributed by atoms with E-state index < -0.39 is 17.5 Å². The van der Waals surface area contributed by atoms with E-state index in [-0.39, 0.29) is 6.61 Å². The third-order valence-electron chi connectivity index (χ3n) is 7.44. The van der Waals surface area contributed by atoms with E-state index in [0.717, 1.165) is 46.6 Å². The van der Waals surface area contributed by atoms with Gasteiger partial charge in [0.2, 0.25) is 0 Å². The van der Waals surface area contributed by atoms with Crippen LogP contribution in [0.1, 0.15) is 89.3 Å². The second-order valence-electron chi connectivity index (χ2n) is 11.5. The van der Waals surface area contributed by atoms with Gasteiger partial charge >= 0.3 is 12.1 Å². The minimum atomic E-state index is -0.732. The minimum Gasteiger partial charge on any atom is -0.481 e. The SMILES string of the molecule is CC.CC.CC(C)C.Cc1noc(-c2ccc3c(c2)CCc2cc(C4(C(=O)O)CC4)ccc2-3)c1NC(=O)OCc1ccccc1. The molecule has 45 heavy (non-hydrogen) atoms. The second-order valence-corrected chi connectivity index (χ2v) is 11.5. The maximum atomic E-state index is 12.5. The Hall–Kier alpha value is -4.39. The number of ether oxygens (including phenoxy) is 1. The standard InChI is InChI=1S/C30H26N2O5.C4H10.2C2H6/c1-18-26(31-29(35)36-17-19-5-3-2-4-6-19)27(37-32-18)22-9-11-24-20(15-22)7-8-21-16-23(10-12-25(21)24)30(13-14-30)28(33)34;1-4(2)3;2*1-2/h2-6,9-12,15-16H,7-8,13-14,17H2,1H3,(H,31,35)(H,33,34);4H,1-3H3;2*1-2H3. The first kappa shape index (κ1) is 35.1. The molecule has 0 atom stereocenters. The van der Waals surface area contributed by atoms with Crippen LogP contribution in [0.5, 0.6) is 0 Å². The first-order chi connectivity index (χ1) is 21.7. The minimum absolute atomic E-state index is 0.167. The molecule has 240 valence electrons. The maximum absolute atomic E-state index is 12.5. The molecule has 1 fully saturated rings. The highest BCUT2D eigenvalue weighted by atomic mass is 16.5. The number of aliphatic carboxylic acids is 1. The molecule has 0 saturated heterocycles. The van der Waals surface area contributed by atoms with E-state index in [4.69, 9.17) is 9.26 Å². The van der Waals surface area contributed by atoms with Gasteiger partial charge in [-0.15, -0.1) is 0 Å². The van der Waals surface area contributed by atoms with Gasteiger partial charge in [0.1, 0.15) is 18.0 Å². The number of hydrogen-bond donors (Lipinski definition) is 2. The topological polar surface area (TPSA) is 102 Å². The molecular weight excluding hydrogens is 564 g/mol. The fraction of sp³-hybridized carbons (Fsp3) is 0.395. The number of carbonyl (C=O) groups excluding carboxylic acids is 1. The summed E-state index contributed by atoms with van der Waals surface area (Å²) in [7, 11) is 0. The summed E-state index contributed by atoms with van der Waals surface area (Å²) in [5.74, 6) is 0.583. The molecule has 7 nitrogen and oxygen atoms in total. The highest BCUT2D eigenvalue weighted by molar-refractivity contribution is 5.91. The first-order valence-corrected chi connectivity index (χ1v) is 16.1. The zero-order valence-electron chi connectivity index (χ0n) is 28.0. The number of anilines is 1. The molecule has 0 bridgehead atoms. The zero-order valence-corrected chi connectivity index (χ0v) is 28.0. The van der Waals surface area contributed by atoms with Crippen LogP contribution < -0.4 is 5.32 Å². The van der Waals surface area contributed by atoms with Gasteiger partial charge in [-0.25, -0.2) is 4.79 Å². The summed E-state index contributed by atoms with van der Waals surface area (Å²) in [5, 5.41) is 16.5. The number of fused-ring (bicyclic) bond motifs is 3. The Morgan fingerprint density at radius 2 is 1.49 bits per heavy atom. The predicted octanol–water partition coefficient (Wildman–Crippen LogP) is 10.00. The highest BCUT2D eigenvalue weighted by Crippen LogP contribution is 2.50. The average Bonchev–Trinajstić information content (AvgIpc) is 3.80. The Labute approximate surface area is 268 Å². The lowest BCUT2D eigenvalue weighted by atomic mass is 9.82.